The number of terminal acetylenes is 1. The first-order valence-electron chi connectivity index (χ1n) is 25.8. The SMILES string of the molecule is C#Cc1c(F)ccc2cc(O)cc(-c3nc(OC)c4c(N5CCCOC6CC65)nc(OCC5(CN6CCN(CC7CCN(c8ccc9c(c8)CN(C8CCC(=O)NC8=O)C9=O)CC7)CC6)CC5)nc4c3F)c12.O=CO. The molecule has 3 unspecified atom stereocenters. The van der Waals surface area contributed by atoms with Gasteiger partial charge in [0.2, 0.25) is 17.7 Å². The fourth-order valence-corrected chi connectivity index (χ4v) is 11.9. The van der Waals surface area contributed by atoms with Gasteiger partial charge in [-0.05, 0) is 98.2 Å². The molecule has 3 aromatic carbocycles. The van der Waals surface area contributed by atoms with Gasteiger partial charge in [0, 0.05) is 106 Å². The number of pyridine rings is 1. The topological polar surface area (TPSA) is 203 Å². The first kappa shape index (κ1) is 50.0. The maximum Gasteiger partial charge on any atom is 0.319 e. The van der Waals surface area contributed by atoms with E-state index in [0.29, 0.717) is 55.4 Å². The summed E-state index contributed by atoms with van der Waals surface area (Å²) in [6, 6.07) is 10.9. The van der Waals surface area contributed by atoms with Gasteiger partial charge in [-0.25, -0.2) is 13.8 Å². The van der Waals surface area contributed by atoms with Gasteiger partial charge in [-0.1, -0.05) is 12.0 Å². The van der Waals surface area contributed by atoms with Gasteiger partial charge >= 0.3 is 6.01 Å². The zero-order chi connectivity index (χ0) is 52.1. The van der Waals surface area contributed by atoms with Crippen LogP contribution in [-0.4, -0.2) is 161 Å². The zero-order valence-corrected chi connectivity index (χ0v) is 41.7. The van der Waals surface area contributed by atoms with Crippen LogP contribution in [-0.2, 0) is 25.7 Å². The Morgan fingerprint density at radius 2 is 1.71 bits per heavy atom. The maximum absolute atomic E-state index is 17.4. The number of fused-ring (bicyclic) bond motifs is 4. The second-order valence-electron chi connectivity index (χ2n) is 20.9. The molecule has 3 amide bonds. The van der Waals surface area contributed by atoms with Crippen molar-refractivity contribution in [1.29, 1.82) is 0 Å². The average molecular weight is 1030 g/mol. The highest BCUT2D eigenvalue weighted by molar-refractivity contribution is 6.06. The molecular formula is C55H59F2N9O9. The number of halogens is 2. The van der Waals surface area contributed by atoms with E-state index in [9.17, 15) is 19.5 Å². The third kappa shape index (κ3) is 9.84. The summed E-state index contributed by atoms with van der Waals surface area (Å²) in [6.07, 6.45) is 12.1. The fourth-order valence-electron chi connectivity index (χ4n) is 11.9. The molecular weight excluding hydrogens is 969 g/mol. The van der Waals surface area contributed by atoms with Crippen molar-refractivity contribution in [2.24, 2.45) is 11.3 Å². The summed E-state index contributed by atoms with van der Waals surface area (Å²) in [5, 5.41) is 21.0. The Balaban J connectivity index is 0.00000196. The summed E-state index contributed by atoms with van der Waals surface area (Å²) in [4.78, 5) is 71.5. The monoisotopic (exact) mass is 1030 g/mol. The van der Waals surface area contributed by atoms with Crippen LogP contribution in [0.1, 0.15) is 72.9 Å². The molecule has 12 rings (SSSR count). The molecule has 392 valence electrons. The average Bonchev–Trinajstić information content (AvgIpc) is 4.34. The minimum atomic E-state index is -0.805. The number of amides is 3. The lowest BCUT2D eigenvalue weighted by molar-refractivity contribution is -0.137. The second kappa shape index (κ2) is 20.5. The van der Waals surface area contributed by atoms with E-state index in [1.54, 1.807) is 4.90 Å². The van der Waals surface area contributed by atoms with Gasteiger partial charge in [-0.2, -0.15) is 9.97 Å². The van der Waals surface area contributed by atoms with E-state index in [1.165, 1.54) is 31.4 Å². The number of anilines is 2. The van der Waals surface area contributed by atoms with Crippen molar-refractivity contribution in [3.63, 3.8) is 0 Å². The smallest absolute Gasteiger partial charge is 0.319 e. The number of hydrogen-bond acceptors (Lipinski definition) is 15. The third-order valence-electron chi connectivity index (χ3n) is 16.1. The van der Waals surface area contributed by atoms with Gasteiger partial charge < -0.3 is 48.9 Å². The number of hydrogen-bond donors (Lipinski definition) is 3. The molecule has 0 radical (unpaired) electrons. The third-order valence-corrected chi connectivity index (χ3v) is 16.1. The van der Waals surface area contributed by atoms with Crippen LogP contribution in [0.2, 0.25) is 0 Å². The van der Waals surface area contributed by atoms with Gasteiger partial charge in [-0.15, -0.1) is 6.42 Å². The van der Waals surface area contributed by atoms with Crippen LogP contribution in [0.4, 0.5) is 20.3 Å². The number of phenolic OH excluding ortho intramolecular Hbond substituents is 1. The molecule has 6 fully saturated rings. The van der Waals surface area contributed by atoms with E-state index in [0.717, 1.165) is 102 Å². The number of nitrogens with zero attached hydrogens (tertiary/aromatic N) is 8. The van der Waals surface area contributed by atoms with Gasteiger partial charge in [0.1, 0.15) is 40.0 Å². The van der Waals surface area contributed by atoms with Crippen LogP contribution in [0.5, 0.6) is 17.6 Å². The largest absolute Gasteiger partial charge is 0.508 e. The summed E-state index contributed by atoms with van der Waals surface area (Å²) in [5.74, 6) is 1.05. The molecule has 2 aromatic heterocycles. The lowest BCUT2D eigenvalue weighted by atomic mass is 9.95. The van der Waals surface area contributed by atoms with E-state index in [1.807, 2.05) is 12.1 Å². The Hall–Kier alpha value is -7.21. The lowest BCUT2D eigenvalue weighted by Crippen LogP contribution is -2.52. The number of carboxylic acid groups (broad SMARTS) is 1. The lowest BCUT2D eigenvalue weighted by Gasteiger charge is -2.40. The van der Waals surface area contributed by atoms with Crippen LogP contribution in [0.15, 0.2) is 42.5 Å². The molecule has 2 saturated carbocycles. The zero-order valence-electron chi connectivity index (χ0n) is 41.7. The number of nitrogens with one attached hydrogen (secondary N) is 1. The number of ether oxygens (including phenoxy) is 3. The van der Waals surface area contributed by atoms with Crippen LogP contribution < -0.4 is 24.6 Å². The molecule has 0 spiro atoms. The van der Waals surface area contributed by atoms with Crippen molar-refractivity contribution in [2.45, 2.75) is 76.1 Å². The first-order valence-corrected chi connectivity index (χ1v) is 25.8. The fraction of sp³-hybridized carbons (Fsp3) is 0.473. The van der Waals surface area contributed by atoms with Crippen LogP contribution in [0.3, 0.4) is 0 Å². The number of methoxy groups -OCH3 is 1. The van der Waals surface area contributed by atoms with E-state index < -0.39 is 23.6 Å². The van der Waals surface area contributed by atoms with Crippen molar-refractivity contribution in [3.8, 4) is 41.2 Å². The molecule has 75 heavy (non-hydrogen) atoms. The summed E-state index contributed by atoms with van der Waals surface area (Å²) in [7, 11) is 1.45. The number of carbonyl (C=O) groups excluding carboxylic acids is 3. The Morgan fingerprint density at radius 3 is 2.44 bits per heavy atom. The summed E-state index contributed by atoms with van der Waals surface area (Å²) < 4.78 is 51.0. The van der Waals surface area contributed by atoms with Crippen molar-refractivity contribution < 1.29 is 52.4 Å². The molecule has 7 aliphatic rings. The van der Waals surface area contributed by atoms with Gasteiger partial charge in [0.25, 0.3) is 12.4 Å². The molecule has 3 N–H and O–H groups in total. The molecule has 7 heterocycles. The first-order chi connectivity index (χ1) is 36.4. The number of piperidine rings is 2. The number of benzene rings is 3. The molecule has 3 atom stereocenters. The molecule has 20 heteroatoms. The van der Waals surface area contributed by atoms with Crippen LogP contribution >= 0.6 is 0 Å². The minimum absolute atomic E-state index is 0.0316. The van der Waals surface area contributed by atoms with Crippen molar-refractivity contribution in [1.82, 2.24) is 35.0 Å². The molecule has 5 aromatic rings. The highest BCUT2D eigenvalue weighted by atomic mass is 19.1. The number of phenols is 1. The Bertz CT molecular complexity index is 3130. The number of aromatic nitrogens is 3. The van der Waals surface area contributed by atoms with Gasteiger partial charge in [0.05, 0.1) is 31.4 Å². The second-order valence-corrected chi connectivity index (χ2v) is 20.9. The molecule has 5 aliphatic heterocycles. The highest BCUT2D eigenvalue weighted by Crippen LogP contribution is 2.48. The number of aromatic hydroxyl groups is 1. The predicted molar refractivity (Wildman–Crippen MR) is 273 cm³/mol. The predicted octanol–water partition coefficient (Wildman–Crippen LogP) is 5.34. The minimum Gasteiger partial charge on any atom is -0.508 e. The van der Waals surface area contributed by atoms with Gasteiger partial charge in [0.15, 0.2) is 5.82 Å². The standard InChI is InChI=1S/C54H57F2N9O7.CH2O2/c1-3-36-39(55)8-5-32-24-35(66)25-38(44(32)36)47-46(56)48-45(51(58-47)70-2)49(64-15-4-22-71-42-26-41(42)64)60-53(59-48)72-30-54(13-14-54)29-62-20-18-61(19-21-62)27-31-11-16-63(17-12-31)34-6-7-37-33(23-34)28-65(52(37)69)40-9-10-43(67)57-50(40)68;2-1-3/h1,5-8,23-25,31,40-42,66H,4,9-22,26-30H2,2H3,(H,57,67,68);1H,(H,2,3). The Labute approximate surface area is 431 Å². The van der Waals surface area contributed by atoms with Crippen molar-refractivity contribution in [3.05, 3.63) is 70.8 Å². The number of imide groups is 1. The number of piperazine rings is 1. The van der Waals surface area contributed by atoms with Crippen molar-refractivity contribution in [2.75, 3.05) is 89.0 Å². The van der Waals surface area contributed by atoms with Gasteiger partial charge in [-0.3, -0.25) is 24.5 Å². The maximum atomic E-state index is 17.4. The van der Waals surface area contributed by atoms with E-state index in [2.05, 4.69) is 41.9 Å². The normalized spacial score (nSPS) is 22.7. The Morgan fingerprint density at radius 1 is 0.933 bits per heavy atom. The number of rotatable bonds is 12. The summed E-state index contributed by atoms with van der Waals surface area (Å²) in [6.45, 7) is 9.40. The summed E-state index contributed by atoms with van der Waals surface area (Å²) in [5.41, 5.74) is 2.32. The van der Waals surface area contributed by atoms with E-state index in [4.69, 9.17) is 40.5 Å². The van der Waals surface area contributed by atoms with Crippen LogP contribution in [0.25, 0.3) is 32.9 Å². The quantitative estimate of drug-likeness (QED) is 0.0820. The summed E-state index contributed by atoms with van der Waals surface area (Å²) >= 11 is 0. The molecule has 18 nitrogen and oxygen atoms in total. The Kier molecular flexibility index (Phi) is 13.7. The number of carbonyl (C=O) groups is 4. The highest BCUT2D eigenvalue weighted by Gasteiger charge is 2.48. The van der Waals surface area contributed by atoms with Crippen molar-refractivity contribution >= 4 is 57.4 Å². The van der Waals surface area contributed by atoms with E-state index in [-0.39, 0.29) is 93.0 Å². The molecule has 4 saturated heterocycles. The molecule has 0 bridgehead atoms. The van der Waals surface area contributed by atoms with E-state index >= 15 is 8.78 Å². The molecule has 2 aliphatic carbocycles. The van der Waals surface area contributed by atoms with Crippen LogP contribution in [0, 0.1) is 35.3 Å².